The number of hydrogen-bond donors (Lipinski definition) is 1. The maximum absolute atomic E-state index is 11.8. The Bertz CT molecular complexity index is 1090. The van der Waals surface area contributed by atoms with Crippen LogP contribution in [0.1, 0.15) is 11.1 Å². The maximum Gasteiger partial charge on any atom is 0.336 e. The number of rotatable bonds is 5. The second-order valence-electron chi connectivity index (χ2n) is 5.66. The zero-order chi connectivity index (χ0) is 19.4. The van der Waals surface area contributed by atoms with Gasteiger partial charge in [0, 0.05) is 17.5 Å². The van der Waals surface area contributed by atoms with Crippen LogP contribution in [0.5, 0.6) is 5.75 Å². The Morgan fingerprint density at radius 3 is 2.78 bits per heavy atom. The van der Waals surface area contributed by atoms with Crippen LogP contribution in [0.15, 0.2) is 56.8 Å². The number of fused-ring (bicyclic) bond motifs is 1. The Labute approximate surface area is 164 Å². The molecule has 3 rings (SSSR count). The molecule has 3 aromatic rings. The van der Waals surface area contributed by atoms with Crippen LogP contribution in [-0.4, -0.2) is 18.7 Å². The number of ether oxygens (including phenoxy) is 1. The van der Waals surface area contributed by atoms with Crippen molar-refractivity contribution in [1.82, 2.24) is 5.43 Å². The van der Waals surface area contributed by atoms with Gasteiger partial charge in [0.05, 0.1) is 16.3 Å². The third-order valence-corrected chi connectivity index (χ3v) is 4.38. The van der Waals surface area contributed by atoms with Gasteiger partial charge < -0.3 is 9.15 Å². The van der Waals surface area contributed by atoms with Crippen LogP contribution in [0.4, 0.5) is 0 Å². The van der Waals surface area contributed by atoms with E-state index in [0.29, 0.717) is 26.9 Å². The number of benzene rings is 2. The summed E-state index contributed by atoms with van der Waals surface area (Å²) >= 11 is 11.7. The summed E-state index contributed by atoms with van der Waals surface area (Å²) in [5, 5.41) is 5.47. The van der Waals surface area contributed by atoms with E-state index in [1.165, 1.54) is 12.3 Å². The molecule has 2 aromatic carbocycles. The van der Waals surface area contributed by atoms with E-state index in [4.69, 9.17) is 32.4 Å². The van der Waals surface area contributed by atoms with E-state index in [2.05, 4.69) is 10.5 Å². The van der Waals surface area contributed by atoms with Crippen molar-refractivity contribution in [1.29, 1.82) is 0 Å². The van der Waals surface area contributed by atoms with Gasteiger partial charge in [-0.15, -0.1) is 0 Å². The van der Waals surface area contributed by atoms with Gasteiger partial charge in [-0.1, -0.05) is 29.3 Å². The average Bonchev–Trinajstić information content (AvgIpc) is 2.62. The summed E-state index contributed by atoms with van der Waals surface area (Å²) in [5.41, 5.74) is 3.80. The summed E-state index contributed by atoms with van der Waals surface area (Å²) in [6.07, 6.45) is 1.44. The van der Waals surface area contributed by atoms with Gasteiger partial charge in [-0.25, -0.2) is 10.2 Å². The van der Waals surface area contributed by atoms with Crippen LogP contribution >= 0.6 is 23.2 Å². The van der Waals surface area contributed by atoms with Crippen molar-refractivity contribution in [2.45, 2.75) is 6.92 Å². The average molecular weight is 405 g/mol. The third kappa shape index (κ3) is 4.87. The lowest BCUT2D eigenvalue weighted by Crippen LogP contribution is -2.24. The Morgan fingerprint density at radius 1 is 1.19 bits per heavy atom. The zero-order valence-electron chi connectivity index (χ0n) is 14.2. The molecular formula is C19H14Cl2N2O4. The van der Waals surface area contributed by atoms with E-state index in [9.17, 15) is 9.59 Å². The lowest BCUT2D eigenvalue weighted by atomic mass is 10.1. The van der Waals surface area contributed by atoms with E-state index in [1.54, 1.807) is 36.4 Å². The minimum Gasteiger partial charge on any atom is -0.484 e. The molecule has 6 nitrogen and oxygen atoms in total. The van der Waals surface area contributed by atoms with Crippen molar-refractivity contribution < 1.29 is 13.9 Å². The predicted octanol–water partition coefficient (Wildman–Crippen LogP) is 3.94. The predicted molar refractivity (Wildman–Crippen MR) is 105 cm³/mol. The molecule has 0 aliphatic rings. The molecule has 1 heterocycles. The Kier molecular flexibility index (Phi) is 5.78. The smallest absolute Gasteiger partial charge is 0.336 e. The Balaban J connectivity index is 1.58. The largest absolute Gasteiger partial charge is 0.484 e. The minimum atomic E-state index is -0.447. The van der Waals surface area contributed by atoms with Gasteiger partial charge in [0.1, 0.15) is 11.3 Å². The highest BCUT2D eigenvalue weighted by Gasteiger charge is 2.06. The summed E-state index contributed by atoms with van der Waals surface area (Å²) in [6.45, 7) is 1.57. The number of nitrogens with zero attached hydrogens (tertiary/aromatic N) is 1. The molecule has 0 bridgehead atoms. The number of nitrogens with one attached hydrogen (secondary N) is 1. The van der Waals surface area contributed by atoms with Gasteiger partial charge in [0.2, 0.25) is 0 Å². The van der Waals surface area contributed by atoms with Crippen LogP contribution < -0.4 is 15.8 Å². The minimum absolute atomic E-state index is 0.250. The lowest BCUT2D eigenvalue weighted by Gasteiger charge is -2.06. The van der Waals surface area contributed by atoms with Crippen LogP contribution in [0.3, 0.4) is 0 Å². The van der Waals surface area contributed by atoms with Crippen molar-refractivity contribution >= 4 is 46.3 Å². The molecule has 0 saturated heterocycles. The van der Waals surface area contributed by atoms with Crippen molar-refractivity contribution in [2.24, 2.45) is 5.10 Å². The van der Waals surface area contributed by atoms with Gasteiger partial charge in [-0.05, 0) is 42.3 Å². The number of hydrogen-bond acceptors (Lipinski definition) is 5. The number of aryl methyl sites for hydroxylation is 1. The molecule has 0 aliphatic heterocycles. The van der Waals surface area contributed by atoms with Crippen LogP contribution in [0.25, 0.3) is 11.0 Å². The molecule has 0 saturated carbocycles. The molecule has 1 aromatic heterocycles. The van der Waals surface area contributed by atoms with Gasteiger partial charge in [-0.3, -0.25) is 4.79 Å². The molecule has 0 atom stereocenters. The summed E-state index contributed by atoms with van der Waals surface area (Å²) < 4.78 is 10.5. The molecule has 27 heavy (non-hydrogen) atoms. The number of carbonyl (C=O) groups is 1. The van der Waals surface area contributed by atoms with Crippen LogP contribution in [0.2, 0.25) is 10.0 Å². The highest BCUT2D eigenvalue weighted by molar-refractivity contribution is 6.42. The van der Waals surface area contributed by atoms with Gasteiger partial charge in [0.15, 0.2) is 6.61 Å². The molecule has 8 heteroatoms. The van der Waals surface area contributed by atoms with E-state index in [1.807, 2.05) is 6.92 Å². The monoisotopic (exact) mass is 404 g/mol. The molecule has 0 fully saturated rings. The van der Waals surface area contributed by atoms with Crippen molar-refractivity contribution in [3.8, 4) is 5.75 Å². The summed E-state index contributed by atoms with van der Waals surface area (Å²) in [6, 6.07) is 11.4. The van der Waals surface area contributed by atoms with Crippen molar-refractivity contribution in [2.75, 3.05) is 6.61 Å². The summed E-state index contributed by atoms with van der Waals surface area (Å²) in [4.78, 5) is 23.3. The van der Waals surface area contributed by atoms with E-state index >= 15 is 0 Å². The SMILES string of the molecule is Cc1cc(=O)oc2cc(OCC(=O)N/N=C\c3ccc(Cl)c(Cl)c3)ccc12. The van der Waals surface area contributed by atoms with E-state index in [-0.39, 0.29) is 6.61 Å². The standard InChI is InChI=1S/C19H14Cl2N2O4/c1-11-6-19(25)27-17-8-13(3-4-14(11)17)26-10-18(24)23-22-9-12-2-5-15(20)16(21)7-12/h2-9H,10H2,1H3,(H,23,24)/b22-9-. The second kappa shape index (κ2) is 8.24. The molecule has 0 radical (unpaired) electrons. The lowest BCUT2D eigenvalue weighted by molar-refractivity contribution is -0.123. The number of hydrazone groups is 1. The zero-order valence-corrected chi connectivity index (χ0v) is 15.7. The van der Waals surface area contributed by atoms with E-state index < -0.39 is 11.5 Å². The van der Waals surface area contributed by atoms with Crippen molar-refractivity contribution in [3.63, 3.8) is 0 Å². The fourth-order valence-electron chi connectivity index (χ4n) is 2.35. The normalized spacial score (nSPS) is 11.1. The maximum atomic E-state index is 11.8. The fourth-order valence-corrected chi connectivity index (χ4v) is 2.65. The summed E-state index contributed by atoms with van der Waals surface area (Å²) in [7, 11) is 0. The molecule has 0 aliphatic carbocycles. The molecular weight excluding hydrogens is 391 g/mol. The first kappa shape index (κ1) is 18.9. The van der Waals surface area contributed by atoms with E-state index in [0.717, 1.165) is 10.9 Å². The van der Waals surface area contributed by atoms with Crippen molar-refractivity contribution in [3.05, 3.63) is 74.1 Å². The third-order valence-electron chi connectivity index (χ3n) is 3.64. The first-order valence-corrected chi connectivity index (χ1v) is 8.62. The molecule has 138 valence electrons. The number of halogens is 2. The molecule has 1 N–H and O–H groups in total. The molecule has 0 unspecified atom stereocenters. The van der Waals surface area contributed by atoms with Gasteiger partial charge >= 0.3 is 5.63 Å². The quantitative estimate of drug-likeness (QED) is 0.396. The van der Waals surface area contributed by atoms with Gasteiger partial charge in [-0.2, -0.15) is 5.10 Å². The van der Waals surface area contributed by atoms with Crippen LogP contribution in [0, 0.1) is 6.92 Å². The highest BCUT2D eigenvalue weighted by atomic mass is 35.5. The molecule has 0 spiro atoms. The van der Waals surface area contributed by atoms with Crippen LogP contribution in [-0.2, 0) is 4.79 Å². The highest BCUT2D eigenvalue weighted by Crippen LogP contribution is 2.22. The number of carbonyl (C=O) groups excluding carboxylic acids is 1. The van der Waals surface area contributed by atoms with Gasteiger partial charge in [0.25, 0.3) is 5.91 Å². The number of amides is 1. The summed E-state index contributed by atoms with van der Waals surface area (Å²) in [5.74, 6) is -0.0445. The Hall–Kier alpha value is -2.83. The second-order valence-corrected chi connectivity index (χ2v) is 6.48. The molecule has 1 amide bonds. The topological polar surface area (TPSA) is 80.9 Å². The fraction of sp³-hybridized carbons (Fsp3) is 0.105. The first-order chi connectivity index (χ1) is 12.9. The first-order valence-electron chi connectivity index (χ1n) is 7.86. The Morgan fingerprint density at radius 2 is 2.00 bits per heavy atom.